The number of carbonyl (C=O) groups is 2. The Labute approximate surface area is 148 Å². The summed E-state index contributed by atoms with van der Waals surface area (Å²) in [5.74, 6) is -0.309. The van der Waals surface area contributed by atoms with Crippen LogP contribution in [-0.4, -0.2) is 34.2 Å². The Hall–Kier alpha value is -2.40. The minimum absolute atomic E-state index is 0.0633. The maximum absolute atomic E-state index is 12.2. The molecular weight excluding hydrogens is 314 g/mol. The van der Waals surface area contributed by atoms with E-state index in [2.05, 4.69) is 34.3 Å². The maximum Gasteiger partial charge on any atom is 0.272 e. The van der Waals surface area contributed by atoms with Crippen LogP contribution in [0.2, 0.25) is 0 Å². The predicted molar refractivity (Wildman–Crippen MR) is 98.9 cm³/mol. The number of H-pyrrole nitrogens is 1. The van der Waals surface area contributed by atoms with E-state index in [1.54, 1.807) is 12.3 Å². The molecule has 1 aromatic carbocycles. The van der Waals surface area contributed by atoms with Crippen molar-refractivity contribution in [2.45, 2.75) is 45.7 Å². The van der Waals surface area contributed by atoms with E-state index in [-0.39, 0.29) is 11.7 Å². The van der Waals surface area contributed by atoms with Crippen molar-refractivity contribution in [2.24, 2.45) is 0 Å². The fourth-order valence-corrected chi connectivity index (χ4v) is 3.25. The molecule has 25 heavy (non-hydrogen) atoms. The zero-order valence-electron chi connectivity index (χ0n) is 14.8. The molecule has 0 saturated carbocycles. The maximum atomic E-state index is 12.2. The lowest BCUT2D eigenvalue weighted by atomic mass is 10.0. The number of Topliss-reactive ketones (excluding diaryl/α,β-unsaturated/α-hetero) is 1. The van der Waals surface area contributed by atoms with E-state index < -0.39 is 0 Å². The number of nitrogens with one attached hydrogen (secondary N) is 2. The molecule has 1 atom stereocenters. The van der Waals surface area contributed by atoms with E-state index in [0.717, 1.165) is 18.8 Å². The smallest absolute Gasteiger partial charge is 0.272 e. The van der Waals surface area contributed by atoms with Crippen molar-refractivity contribution >= 4 is 17.4 Å². The van der Waals surface area contributed by atoms with Gasteiger partial charge in [-0.2, -0.15) is 0 Å². The molecular formula is C20H25N3O2. The quantitative estimate of drug-likeness (QED) is 0.813. The molecule has 1 amide bonds. The molecule has 1 fully saturated rings. The highest BCUT2D eigenvalue weighted by molar-refractivity contribution is 6.05. The molecule has 3 rings (SSSR count). The minimum Gasteiger partial charge on any atom is -0.356 e. The SMILES string of the molecule is CC(=O)c1c[nH]c(C(=O)Nc2ccc(CN3CCCC[C@H]3C)cc2)c1. The van der Waals surface area contributed by atoms with E-state index in [4.69, 9.17) is 0 Å². The highest BCUT2D eigenvalue weighted by Gasteiger charge is 2.18. The first kappa shape index (κ1) is 17.4. The van der Waals surface area contributed by atoms with Crippen molar-refractivity contribution in [3.8, 4) is 0 Å². The van der Waals surface area contributed by atoms with E-state index in [0.29, 0.717) is 17.3 Å². The van der Waals surface area contributed by atoms with E-state index in [1.807, 2.05) is 12.1 Å². The summed E-state index contributed by atoms with van der Waals surface area (Å²) < 4.78 is 0. The van der Waals surface area contributed by atoms with Crippen molar-refractivity contribution in [3.63, 3.8) is 0 Å². The second-order valence-corrected chi connectivity index (χ2v) is 6.82. The number of aromatic nitrogens is 1. The van der Waals surface area contributed by atoms with Crippen LogP contribution in [0.15, 0.2) is 36.5 Å². The first-order chi connectivity index (χ1) is 12.0. The summed E-state index contributed by atoms with van der Waals surface area (Å²) in [6, 6.07) is 10.2. The first-order valence-corrected chi connectivity index (χ1v) is 8.86. The van der Waals surface area contributed by atoms with Crippen LogP contribution in [0, 0.1) is 0 Å². The number of hydrogen-bond donors (Lipinski definition) is 2. The second kappa shape index (κ2) is 7.66. The molecule has 5 heteroatoms. The Morgan fingerprint density at radius 2 is 2.00 bits per heavy atom. The summed E-state index contributed by atoms with van der Waals surface area (Å²) in [4.78, 5) is 28.9. The number of amides is 1. The minimum atomic E-state index is -0.245. The summed E-state index contributed by atoms with van der Waals surface area (Å²) in [7, 11) is 0. The van der Waals surface area contributed by atoms with Gasteiger partial charge in [-0.05, 0) is 57.0 Å². The van der Waals surface area contributed by atoms with Gasteiger partial charge in [0, 0.05) is 30.0 Å². The van der Waals surface area contributed by atoms with Crippen LogP contribution < -0.4 is 5.32 Å². The monoisotopic (exact) mass is 339 g/mol. The number of ketones is 1. The van der Waals surface area contributed by atoms with E-state index in [1.165, 1.54) is 31.7 Å². The number of hydrogen-bond acceptors (Lipinski definition) is 3. The number of nitrogens with zero attached hydrogens (tertiary/aromatic N) is 1. The van der Waals surface area contributed by atoms with Gasteiger partial charge in [0.2, 0.25) is 0 Å². The number of aromatic amines is 1. The van der Waals surface area contributed by atoms with Gasteiger partial charge in [0.05, 0.1) is 0 Å². The van der Waals surface area contributed by atoms with Gasteiger partial charge in [-0.25, -0.2) is 0 Å². The topological polar surface area (TPSA) is 65.2 Å². The molecule has 0 unspecified atom stereocenters. The molecule has 0 spiro atoms. The number of benzene rings is 1. The lowest BCUT2D eigenvalue weighted by Crippen LogP contribution is -2.36. The van der Waals surface area contributed by atoms with Gasteiger partial charge in [0.1, 0.15) is 5.69 Å². The molecule has 1 aromatic heterocycles. The van der Waals surface area contributed by atoms with Crippen molar-refractivity contribution in [2.75, 3.05) is 11.9 Å². The Morgan fingerprint density at radius 1 is 1.24 bits per heavy atom. The highest BCUT2D eigenvalue weighted by atomic mass is 16.2. The average Bonchev–Trinajstić information content (AvgIpc) is 3.09. The van der Waals surface area contributed by atoms with Gasteiger partial charge in [-0.3, -0.25) is 14.5 Å². The van der Waals surface area contributed by atoms with Crippen molar-refractivity contribution in [1.82, 2.24) is 9.88 Å². The standard InChI is InChI=1S/C20H25N3O2/c1-14-5-3-4-10-23(14)13-16-6-8-18(9-7-16)22-20(25)19-11-17(12-21-19)15(2)24/h6-9,11-12,14,21H,3-5,10,13H2,1-2H3,(H,22,25)/t14-/m1/s1. The van der Waals surface area contributed by atoms with Crippen LogP contribution in [0.5, 0.6) is 0 Å². The normalized spacial score (nSPS) is 18.1. The third kappa shape index (κ3) is 4.37. The zero-order valence-corrected chi connectivity index (χ0v) is 14.8. The van der Waals surface area contributed by atoms with E-state index in [9.17, 15) is 9.59 Å². The summed E-state index contributed by atoms with van der Waals surface area (Å²) in [5.41, 5.74) is 2.90. The average molecular weight is 339 g/mol. The molecule has 1 saturated heterocycles. The summed E-state index contributed by atoms with van der Waals surface area (Å²) in [6.07, 6.45) is 5.43. The second-order valence-electron chi connectivity index (χ2n) is 6.82. The fraction of sp³-hybridized carbons (Fsp3) is 0.400. The summed E-state index contributed by atoms with van der Waals surface area (Å²) in [6.45, 7) is 5.88. The lowest BCUT2D eigenvalue weighted by Gasteiger charge is -2.33. The van der Waals surface area contributed by atoms with Crippen molar-refractivity contribution in [3.05, 3.63) is 53.3 Å². The number of anilines is 1. The number of carbonyl (C=O) groups excluding carboxylic acids is 2. The Balaban J connectivity index is 1.60. The lowest BCUT2D eigenvalue weighted by molar-refractivity contribution is 0.101. The largest absolute Gasteiger partial charge is 0.356 e. The molecule has 2 N–H and O–H groups in total. The predicted octanol–water partition coefficient (Wildman–Crippen LogP) is 3.84. The highest BCUT2D eigenvalue weighted by Crippen LogP contribution is 2.20. The molecule has 1 aliphatic heterocycles. The molecule has 1 aliphatic rings. The molecule has 0 aliphatic carbocycles. The zero-order chi connectivity index (χ0) is 17.8. The third-order valence-electron chi connectivity index (χ3n) is 4.87. The van der Waals surface area contributed by atoms with Gasteiger partial charge in [-0.1, -0.05) is 18.6 Å². The number of rotatable bonds is 5. The van der Waals surface area contributed by atoms with Gasteiger partial charge >= 0.3 is 0 Å². The Bertz CT molecular complexity index is 749. The van der Waals surface area contributed by atoms with Crippen LogP contribution in [0.1, 0.15) is 59.5 Å². The summed E-state index contributed by atoms with van der Waals surface area (Å²) in [5, 5.41) is 2.86. The van der Waals surface area contributed by atoms with Crippen LogP contribution in [0.3, 0.4) is 0 Å². The molecule has 132 valence electrons. The molecule has 0 radical (unpaired) electrons. The molecule has 2 heterocycles. The third-order valence-corrected chi connectivity index (χ3v) is 4.87. The van der Waals surface area contributed by atoms with Crippen LogP contribution in [0.25, 0.3) is 0 Å². The molecule has 2 aromatic rings. The molecule has 5 nitrogen and oxygen atoms in total. The number of likely N-dealkylation sites (tertiary alicyclic amines) is 1. The van der Waals surface area contributed by atoms with E-state index >= 15 is 0 Å². The number of piperidine rings is 1. The van der Waals surface area contributed by atoms with Crippen LogP contribution >= 0.6 is 0 Å². The van der Waals surface area contributed by atoms with Crippen molar-refractivity contribution in [1.29, 1.82) is 0 Å². The summed E-state index contributed by atoms with van der Waals surface area (Å²) >= 11 is 0. The Kier molecular flexibility index (Phi) is 5.34. The Morgan fingerprint density at radius 3 is 2.64 bits per heavy atom. The van der Waals surface area contributed by atoms with Gasteiger partial charge < -0.3 is 10.3 Å². The van der Waals surface area contributed by atoms with Gasteiger partial charge in [0.15, 0.2) is 5.78 Å². The van der Waals surface area contributed by atoms with Gasteiger partial charge in [-0.15, -0.1) is 0 Å². The first-order valence-electron chi connectivity index (χ1n) is 8.86. The van der Waals surface area contributed by atoms with Crippen LogP contribution in [-0.2, 0) is 6.54 Å². The van der Waals surface area contributed by atoms with Crippen molar-refractivity contribution < 1.29 is 9.59 Å². The molecule has 0 bridgehead atoms. The van der Waals surface area contributed by atoms with Crippen LogP contribution in [0.4, 0.5) is 5.69 Å². The van der Waals surface area contributed by atoms with Gasteiger partial charge in [0.25, 0.3) is 5.91 Å². The fourth-order valence-electron chi connectivity index (χ4n) is 3.25.